The van der Waals surface area contributed by atoms with Crippen LogP contribution in [0.2, 0.25) is 5.02 Å². The van der Waals surface area contributed by atoms with Gasteiger partial charge in [0.1, 0.15) is 5.82 Å². The van der Waals surface area contributed by atoms with Crippen LogP contribution in [0.1, 0.15) is 24.3 Å². The van der Waals surface area contributed by atoms with E-state index < -0.39 is 0 Å². The molecule has 1 saturated heterocycles. The molecule has 112 valence electrons. The van der Waals surface area contributed by atoms with Gasteiger partial charge in [-0.1, -0.05) is 23.7 Å². The number of anilines is 1. The first-order valence-electron chi connectivity index (χ1n) is 7.32. The molecule has 4 nitrogen and oxygen atoms in total. The number of hydrogen-bond donors (Lipinski definition) is 1. The second-order valence-electron chi connectivity index (χ2n) is 5.89. The minimum absolute atomic E-state index is 0.566. The van der Waals surface area contributed by atoms with Crippen LogP contribution in [0.15, 0.2) is 24.3 Å². The van der Waals surface area contributed by atoms with Crippen molar-refractivity contribution in [3.63, 3.8) is 0 Å². The standard InChI is InChI=1S/C16H21ClN4/c1-20-7-5-11(6-8-20)13-4-3-12(9-14(13)17)15-10-16(18)21(2)19-15/h3-4,9-11H,5-8,18H2,1-2H3. The molecule has 0 bridgehead atoms. The van der Waals surface area contributed by atoms with Crippen LogP contribution in [0, 0.1) is 0 Å². The summed E-state index contributed by atoms with van der Waals surface area (Å²) in [4.78, 5) is 2.37. The van der Waals surface area contributed by atoms with E-state index in [1.807, 2.05) is 19.2 Å². The van der Waals surface area contributed by atoms with E-state index in [1.165, 1.54) is 18.4 Å². The molecule has 2 heterocycles. The number of piperidine rings is 1. The number of aromatic nitrogens is 2. The van der Waals surface area contributed by atoms with Crippen LogP contribution in [0.3, 0.4) is 0 Å². The van der Waals surface area contributed by atoms with Gasteiger partial charge in [0.2, 0.25) is 0 Å². The number of halogens is 1. The Balaban J connectivity index is 1.86. The van der Waals surface area contributed by atoms with E-state index in [1.54, 1.807) is 4.68 Å². The third-order valence-corrected chi connectivity index (χ3v) is 4.70. The highest BCUT2D eigenvalue weighted by Crippen LogP contribution is 2.35. The monoisotopic (exact) mass is 304 g/mol. The van der Waals surface area contributed by atoms with E-state index in [0.717, 1.165) is 29.4 Å². The summed E-state index contributed by atoms with van der Waals surface area (Å²) in [6.45, 7) is 2.28. The highest BCUT2D eigenvalue weighted by molar-refractivity contribution is 6.31. The summed E-state index contributed by atoms with van der Waals surface area (Å²) >= 11 is 6.52. The molecule has 0 saturated carbocycles. The first-order valence-corrected chi connectivity index (χ1v) is 7.70. The molecule has 5 heteroatoms. The Morgan fingerprint density at radius 2 is 1.90 bits per heavy atom. The predicted molar refractivity (Wildman–Crippen MR) is 87.5 cm³/mol. The molecule has 0 aliphatic carbocycles. The molecule has 0 amide bonds. The fraction of sp³-hybridized carbons (Fsp3) is 0.438. The largest absolute Gasteiger partial charge is 0.384 e. The minimum atomic E-state index is 0.566. The van der Waals surface area contributed by atoms with Crippen LogP contribution in [0.5, 0.6) is 0 Å². The number of benzene rings is 1. The molecule has 0 unspecified atom stereocenters. The number of aryl methyl sites for hydroxylation is 1. The lowest BCUT2D eigenvalue weighted by Crippen LogP contribution is -2.29. The third-order valence-electron chi connectivity index (χ3n) is 4.37. The lowest BCUT2D eigenvalue weighted by molar-refractivity contribution is 0.255. The first-order chi connectivity index (χ1) is 10.0. The van der Waals surface area contributed by atoms with Crippen molar-refractivity contribution in [2.45, 2.75) is 18.8 Å². The Morgan fingerprint density at radius 1 is 1.19 bits per heavy atom. The van der Waals surface area contributed by atoms with Crippen molar-refractivity contribution in [3.05, 3.63) is 34.9 Å². The summed E-state index contributed by atoms with van der Waals surface area (Å²) < 4.78 is 1.67. The number of hydrogen-bond acceptors (Lipinski definition) is 3. The van der Waals surface area contributed by atoms with Crippen molar-refractivity contribution in [2.24, 2.45) is 7.05 Å². The zero-order chi connectivity index (χ0) is 15.0. The van der Waals surface area contributed by atoms with E-state index in [2.05, 4.69) is 29.2 Å². The van der Waals surface area contributed by atoms with Crippen LogP contribution >= 0.6 is 11.6 Å². The fourth-order valence-electron chi connectivity index (χ4n) is 2.96. The predicted octanol–water partition coefficient (Wildman–Crippen LogP) is 3.13. The maximum atomic E-state index is 6.52. The molecule has 2 N–H and O–H groups in total. The van der Waals surface area contributed by atoms with Crippen molar-refractivity contribution in [1.82, 2.24) is 14.7 Å². The highest BCUT2D eigenvalue weighted by Gasteiger charge is 2.20. The molecule has 1 aromatic carbocycles. The average molecular weight is 305 g/mol. The average Bonchev–Trinajstić information content (AvgIpc) is 2.80. The van der Waals surface area contributed by atoms with Gasteiger partial charge in [0, 0.05) is 23.7 Å². The van der Waals surface area contributed by atoms with Crippen LogP contribution < -0.4 is 5.73 Å². The molecule has 0 spiro atoms. The molecule has 21 heavy (non-hydrogen) atoms. The van der Waals surface area contributed by atoms with Crippen LogP contribution in [0.4, 0.5) is 5.82 Å². The molecule has 0 atom stereocenters. The van der Waals surface area contributed by atoms with E-state index in [9.17, 15) is 0 Å². The van der Waals surface area contributed by atoms with Crippen molar-refractivity contribution >= 4 is 17.4 Å². The van der Waals surface area contributed by atoms with Gasteiger partial charge in [-0.05, 0) is 50.5 Å². The zero-order valence-electron chi connectivity index (χ0n) is 12.5. The maximum absolute atomic E-state index is 6.52. The van der Waals surface area contributed by atoms with E-state index >= 15 is 0 Å². The van der Waals surface area contributed by atoms with E-state index in [-0.39, 0.29) is 0 Å². The topological polar surface area (TPSA) is 47.1 Å². The lowest BCUT2D eigenvalue weighted by atomic mass is 9.89. The molecule has 0 radical (unpaired) electrons. The second-order valence-corrected chi connectivity index (χ2v) is 6.30. The summed E-state index contributed by atoms with van der Waals surface area (Å²) in [5.41, 5.74) is 8.99. The maximum Gasteiger partial charge on any atom is 0.121 e. The van der Waals surface area contributed by atoms with Crippen LogP contribution in [-0.4, -0.2) is 34.8 Å². The summed E-state index contributed by atoms with van der Waals surface area (Å²) in [6.07, 6.45) is 2.35. The van der Waals surface area contributed by atoms with E-state index in [4.69, 9.17) is 17.3 Å². The van der Waals surface area contributed by atoms with Gasteiger partial charge in [-0.3, -0.25) is 4.68 Å². The normalized spacial score (nSPS) is 17.3. The Morgan fingerprint density at radius 3 is 2.48 bits per heavy atom. The summed E-state index contributed by atoms with van der Waals surface area (Å²) in [5, 5.41) is 5.24. The smallest absolute Gasteiger partial charge is 0.121 e. The quantitative estimate of drug-likeness (QED) is 0.927. The number of nitrogen functional groups attached to an aromatic ring is 1. The fourth-order valence-corrected chi connectivity index (χ4v) is 3.29. The molecule has 1 aliphatic heterocycles. The number of rotatable bonds is 2. The molecular formula is C16H21ClN4. The van der Waals surface area contributed by atoms with Crippen molar-refractivity contribution in [1.29, 1.82) is 0 Å². The second kappa shape index (κ2) is 5.70. The summed E-state index contributed by atoms with van der Waals surface area (Å²) in [6, 6.07) is 8.14. The Labute approximate surface area is 130 Å². The van der Waals surface area contributed by atoms with Gasteiger partial charge in [-0.2, -0.15) is 5.10 Å². The molecule has 1 fully saturated rings. The van der Waals surface area contributed by atoms with Crippen LogP contribution in [0.25, 0.3) is 11.3 Å². The van der Waals surface area contributed by atoms with Gasteiger partial charge >= 0.3 is 0 Å². The highest BCUT2D eigenvalue weighted by atomic mass is 35.5. The Hall–Kier alpha value is -1.52. The third kappa shape index (κ3) is 2.92. The number of nitrogens with two attached hydrogens (primary N) is 1. The van der Waals surface area contributed by atoms with Gasteiger partial charge in [0.15, 0.2) is 0 Å². The van der Waals surface area contributed by atoms with Crippen molar-refractivity contribution in [3.8, 4) is 11.3 Å². The first kappa shape index (κ1) is 14.4. The Kier molecular flexibility index (Phi) is 3.91. The minimum Gasteiger partial charge on any atom is -0.384 e. The van der Waals surface area contributed by atoms with Gasteiger partial charge in [-0.25, -0.2) is 0 Å². The molecule has 2 aromatic rings. The Bertz CT molecular complexity index is 622. The van der Waals surface area contributed by atoms with E-state index in [0.29, 0.717) is 11.7 Å². The lowest BCUT2D eigenvalue weighted by Gasteiger charge is -2.29. The zero-order valence-corrected chi connectivity index (χ0v) is 13.3. The van der Waals surface area contributed by atoms with Crippen molar-refractivity contribution < 1.29 is 0 Å². The summed E-state index contributed by atoms with van der Waals surface area (Å²) in [7, 11) is 4.01. The molecular weight excluding hydrogens is 284 g/mol. The van der Waals surface area contributed by atoms with Gasteiger partial charge in [-0.15, -0.1) is 0 Å². The molecule has 3 rings (SSSR count). The molecule has 1 aliphatic rings. The van der Waals surface area contributed by atoms with Gasteiger partial charge < -0.3 is 10.6 Å². The SMILES string of the molecule is CN1CCC(c2ccc(-c3cc(N)n(C)n3)cc2Cl)CC1. The van der Waals surface area contributed by atoms with Gasteiger partial charge in [0.25, 0.3) is 0 Å². The number of likely N-dealkylation sites (tertiary alicyclic amines) is 1. The van der Waals surface area contributed by atoms with Gasteiger partial charge in [0.05, 0.1) is 5.69 Å². The van der Waals surface area contributed by atoms with Crippen LogP contribution in [-0.2, 0) is 7.05 Å². The molecule has 1 aromatic heterocycles. The van der Waals surface area contributed by atoms with Crippen molar-refractivity contribution in [2.75, 3.05) is 25.9 Å². The summed E-state index contributed by atoms with van der Waals surface area (Å²) in [5.74, 6) is 1.22. The number of nitrogens with zero attached hydrogens (tertiary/aromatic N) is 3.